The smallest absolute Gasteiger partial charge is 0.422 e. The number of rotatable bonds is 11. The number of nitrogens with one attached hydrogen (secondary N) is 2. The zero-order valence-corrected chi connectivity index (χ0v) is 28.2. The Bertz CT molecular complexity index is 1840. The van der Waals surface area contributed by atoms with E-state index in [1.165, 1.54) is 13.8 Å². The first-order chi connectivity index (χ1) is 25.0. The summed E-state index contributed by atoms with van der Waals surface area (Å²) in [5.41, 5.74) is 5.79. The number of nitrogens with zero attached hydrogens (tertiary/aromatic N) is 2. The van der Waals surface area contributed by atoms with E-state index in [1.807, 2.05) is 48.5 Å². The van der Waals surface area contributed by atoms with E-state index < -0.39 is 48.4 Å². The van der Waals surface area contributed by atoms with Crippen LogP contribution in [-0.4, -0.2) is 61.6 Å². The molecule has 0 bridgehead atoms. The molecule has 2 aliphatic rings. The lowest BCUT2D eigenvalue weighted by Crippen LogP contribution is -2.30. The van der Waals surface area contributed by atoms with Crippen molar-refractivity contribution >= 4 is 58.9 Å². The van der Waals surface area contributed by atoms with Gasteiger partial charge in [-0.1, -0.05) is 48.5 Å². The average molecular weight is 707 g/mol. The summed E-state index contributed by atoms with van der Waals surface area (Å²) in [7, 11) is 0. The van der Waals surface area contributed by atoms with E-state index >= 15 is 0 Å². The normalized spacial score (nSPS) is 16.7. The second kappa shape index (κ2) is 15.5. The molecule has 2 aliphatic heterocycles. The van der Waals surface area contributed by atoms with Crippen LogP contribution < -0.4 is 20.4 Å². The Morgan fingerprint density at radius 1 is 0.538 bits per heavy atom. The molecular weight excluding hydrogens is 672 g/mol. The molecule has 2 atom stereocenters. The number of benzene rings is 4. The lowest BCUT2D eigenvalue weighted by Gasteiger charge is -2.12. The van der Waals surface area contributed by atoms with Gasteiger partial charge in [-0.2, -0.15) is 0 Å². The summed E-state index contributed by atoms with van der Waals surface area (Å²) in [6.07, 6.45) is -3.21. The molecule has 2 fully saturated rings. The molecule has 2 N–H and O–H groups in total. The van der Waals surface area contributed by atoms with Gasteiger partial charge < -0.3 is 18.9 Å². The van der Waals surface area contributed by atoms with Crippen LogP contribution in [0.3, 0.4) is 0 Å². The molecule has 52 heavy (non-hydrogen) atoms. The van der Waals surface area contributed by atoms with E-state index in [-0.39, 0.29) is 13.2 Å². The van der Waals surface area contributed by atoms with Crippen LogP contribution in [0.1, 0.15) is 36.1 Å². The first-order valence-electron chi connectivity index (χ1n) is 16.4. The van der Waals surface area contributed by atoms with Crippen molar-refractivity contribution in [2.75, 3.05) is 33.6 Å². The second-order valence-corrected chi connectivity index (χ2v) is 12.0. The van der Waals surface area contributed by atoms with E-state index in [0.29, 0.717) is 35.6 Å². The number of hydrogen-bond acceptors (Lipinski definition) is 10. The fourth-order valence-electron chi connectivity index (χ4n) is 5.50. The van der Waals surface area contributed by atoms with E-state index in [4.69, 9.17) is 18.9 Å². The van der Waals surface area contributed by atoms with Crippen LogP contribution in [0.15, 0.2) is 97.1 Å². The summed E-state index contributed by atoms with van der Waals surface area (Å²) in [4.78, 5) is 74.7. The maximum atomic E-state index is 12.2. The maximum absolute atomic E-state index is 12.2. The monoisotopic (exact) mass is 706 g/mol. The summed E-state index contributed by atoms with van der Waals surface area (Å²) in [5, 5.41) is 5.24. The number of ether oxygens (including phenoxy) is 4. The van der Waals surface area contributed by atoms with Crippen molar-refractivity contribution in [3.63, 3.8) is 0 Å². The quantitative estimate of drug-likeness (QED) is 0.131. The third-order valence-corrected chi connectivity index (χ3v) is 8.21. The van der Waals surface area contributed by atoms with Gasteiger partial charge in [-0.15, -0.1) is 0 Å². The highest BCUT2D eigenvalue weighted by Crippen LogP contribution is 2.26. The van der Waals surface area contributed by atoms with Crippen LogP contribution in [-0.2, 0) is 41.4 Å². The molecule has 0 spiro atoms. The highest BCUT2D eigenvalue weighted by atomic mass is 16.6. The van der Waals surface area contributed by atoms with Crippen LogP contribution in [0, 0.1) is 0 Å². The fourth-order valence-corrected chi connectivity index (χ4v) is 5.50. The molecule has 14 nitrogen and oxygen atoms in total. The van der Waals surface area contributed by atoms with Crippen molar-refractivity contribution in [2.45, 2.75) is 38.9 Å². The topological polar surface area (TPSA) is 170 Å². The largest absolute Gasteiger partial charge is 0.446 e. The number of carbonyl (C=O) groups excluding carboxylic acids is 6. The third-order valence-electron chi connectivity index (χ3n) is 8.21. The first kappa shape index (κ1) is 35.1. The Morgan fingerprint density at radius 2 is 0.846 bits per heavy atom. The number of amides is 6. The lowest BCUT2D eigenvalue weighted by atomic mass is 10.0. The molecule has 0 aliphatic carbocycles. The summed E-state index contributed by atoms with van der Waals surface area (Å²) in [5.74, 6) is -0.806. The Morgan fingerprint density at radius 3 is 1.13 bits per heavy atom. The zero-order valence-electron chi connectivity index (χ0n) is 28.2. The molecule has 266 valence electrons. The fraction of sp³-hybridized carbons (Fsp3) is 0.211. The van der Waals surface area contributed by atoms with Crippen LogP contribution >= 0.6 is 0 Å². The minimum Gasteiger partial charge on any atom is -0.446 e. The Kier molecular flexibility index (Phi) is 10.4. The van der Waals surface area contributed by atoms with Crippen molar-refractivity contribution in [3.05, 3.63) is 119 Å². The Balaban J connectivity index is 0.875. The van der Waals surface area contributed by atoms with Gasteiger partial charge in [0.2, 0.25) is 0 Å². The molecule has 0 saturated carbocycles. The van der Waals surface area contributed by atoms with E-state index in [9.17, 15) is 28.8 Å². The molecule has 14 heteroatoms. The Labute approximate surface area is 298 Å². The van der Waals surface area contributed by atoms with Gasteiger partial charge in [0, 0.05) is 11.4 Å². The van der Waals surface area contributed by atoms with E-state index in [2.05, 4.69) is 10.6 Å². The van der Waals surface area contributed by atoms with Gasteiger partial charge in [0.15, 0.2) is 12.2 Å². The van der Waals surface area contributed by atoms with Crippen LogP contribution in [0.2, 0.25) is 0 Å². The average Bonchev–Trinajstić information content (AvgIpc) is 3.54. The van der Waals surface area contributed by atoms with Gasteiger partial charge in [-0.25, -0.2) is 29.0 Å². The highest BCUT2D eigenvalue weighted by Gasteiger charge is 2.39. The second-order valence-electron chi connectivity index (χ2n) is 12.0. The van der Waals surface area contributed by atoms with Crippen LogP contribution in [0.5, 0.6) is 0 Å². The molecule has 6 rings (SSSR count). The molecule has 0 aromatic heterocycles. The summed E-state index contributed by atoms with van der Waals surface area (Å²) >= 11 is 0. The molecule has 2 saturated heterocycles. The number of hydrogen-bond donors (Lipinski definition) is 2. The molecule has 2 heterocycles. The third kappa shape index (κ3) is 8.35. The highest BCUT2D eigenvalue weighted by molar-refractivity contribution is 6.18. The summed E-state index contributed by atoms with van der Waals surface area (Å²) in [6.45, 7) is 2.75. The number of cyclic esters (lactones) is 2. The van der Waals surface area contributed by atoms with Gasteiger partial charge >= 0.3 is 24.4 Å². The molecule has 6 amide bonds. The van der Waals surface area contributed by atoms with E-state index in [1.54, 1.807) is 48.5 Å². The van der Waals surface area contributed by atoms with Crippen molar-refractivity contribution < 1.29 is 47.7 Å². The van der Waals surface area contributed by atoms with Crippen molar-refractivity contribution in [2.24, 2.45) is 0 Å². The van der Waals surface area contributed by atoms with Gasteiger partial charge in [0.05, 0.1) is 11.4 Å². The molecule has 2 unspecified atom stereocenters. The predicted octanol–water partition coefficient (Wildman–Crippen LogP) is 6.41. The van der Waals surface area contributed by atoms with Crippen molar-refractivity contribution in [1.82, 2.24) is 0 Å². The van der Waals surface area contributed by atoms with Crippen LogP contribution in [0.4, 0.5) is 41.9 Å². The maximum Gasteiger partial charge on any atom is 0.422 e. The number of anilines is 4. The van der Waals surface area contributed by atoms with Gasteiger partial charge in [-0.05, 0) is 97.5 Å². The lowest BCUT2D eigenvalue weighted by molar-refractivity contribution is -0.121. The van der Waals surface area contributed by atoms with Gasteiger partial charge in [0.25, 0.3) is 11.8 Å². The van der Waals surface area contributed by atoms with Crippen LogP contribution in [0.25, 0.3) is 0 Å². The molecule has 4 aromatic carbocycles. The minimum atomic E-state index is -0.801. The van der Waals surface area contributed by atoms with Gasteiger partial charge in [0.1, 0.15) is 13.2 Å². The minimum absolute atomic E-state index is 0.156. The molecule has 4 aromatic rings. The van der Waals surface area contributed by atoms with Gasteiger partial charge in [-0.3, -0.25) is 20.2 Å². The first-order valence-corrected chi connectivity index (χ1v) is 16.4. The predicted molar refractivity (Wildman–Crippen MR) is 188 cm³/mol. The zero-order chi connectivity index (χ0) is 36.8. The molecule has 0 radical (unpaired) electrons. The summed E-state index contributed by atoms with van der Waals surface area (Å²) < 4.78 is 20.1. The van der Waals surface area contributed by atoms with Crippen molar-refractivity contribution in [1.29, 1.82) is 0 Å². The standard InChI is InChI=1S/C38H34N4O10/c1-23-33(43)41(37(47)51-23)31-15-7-27(8-16-31)21-25-3-11-29(12-4-25)39-35(45)49-19-20-50-36(46)40-30-13-5-26(6-14-30)22-28-9-17-32(18-10-28)42-34(44)24(2)52-38(42)48/h3-18,23-24H,19-22H2,1-2H3,(H,39,45)(H,40,46). The Hall–Kier alpha value is -6.70. The number of imide groups is 2. The summed E-state index contributed by atoms with van der Waals surface area (Å²) in [6, 6.07) is 28.4. The van der Waals surface area contributed by atoms with Crippen molar-refractivity contribution in [3.8, 4) is 0 Å². The SMILES string of the molecule is CC1OC(=O)N(c2ccc(Cc3ccc(NC(=O)OCCOC(=O)Nc4ccc(Cc5ccc(N6C(=O)OC(C)C6=O)cc5)cc4)cc3)cc2)C1=O. The number of carbonyl (C=O) groups is 6. The molecular formula is C38H34N4O10. The van der Waals surface area contributed by atoms with E-state index in [0.717, 1.165) is 32.1 Å².